The number of halogens is 1. The molecule has 0 saturated carbocycles. The van der Waals surface area contributed by atoms with Crippen molar-refractivity contribution in [1.29, 1.82) is 0 Å². The first-order chi connectivity index (χ1) is 9.58. The molecule has 0 bridgehead atoms. The van der Waals surface area contributed by atoms with E-state index in [2.05, 4.69) is 10.1 Å². The van der Waals surface area contributed by atoms with Crippen molar-refractivity contribution in [3.63, 3.8) is 0 Å². The number of nitrogens with zero attached hydrogens (tertiary/aromatic N) is 3. The molecule has 0 fully saturated rings. The number of anilines is 1. The fourth-order valence-corrected chi connectivity index (χ4v) is 2.43. The van der Waals surface area contributed by atoms with Crippen LogP contribution >= 0.6 is 11.6 Å². The van der Waals surface area contributed by atoms with Crippen molar-refractivity contribution in [3.8, 4) is 16.9 Å². The number of hydrogen-bond donors (Lipinski definition) is 1. The number of rotatable bonds is 2. The summed E-state index contributed by atoms with van der Waals surface area (Å²) in [7, 11) is 1.59. The smallest absolute Gasteiger partial charge is 0.240 e. The highest BCUT2D eigenvalue weighted by atomic mass is 35.5. The van der Waals surface area contributed by atoms with Crippen LogP contribution in [0.2, 0.25) is 5.02 Å². The molecule has 2 N–H and O–H groups in total. The molecule has 0 aliphatic heterocycles. The maximum Gasteiger partial charge on any atom is 0.240 e. The zero-order valence-electron chi connectivity index (χ0n) is 11.1. The number of ether oxygens (including phenoxy) is 1. The zero-order chi connectivity index (χ0) is 14.3. The van der Waals surface area contributed by atoms with Crippen LogP contribution in [0, 0.1) is 6.92 Å². The van der Waals surface area contributed by atoms with Crippen LogP contribution in [-0.4, -0.2) is 21.7 Å². The number of benzene rings is 1. The number of aryl methyl sites for hydroxylation is 1. The second kappa shape index (κ2) is 4.68. The maximum atomic E-state index is 6.16. The van der Waals surface area contributed by atoms with Crippen molar-refractivity contribution < 1.29 is 4.74 Å². The quantitative estimate of drug-likeness (QED) is 0.787. The highest BCUT2D eigenvalue weighted by Gasteiger charge is 2.09. The van der Waals surface area contributed by atoms with Crippen LogP contribution in [0.4, 0.5) is 5.95 Å². The van der Waals surface area contributed by atoms with Gasteiger partial charge in [0.1, 0.15) is 5.75 Å². The molecule has 2 aromatic heterocycles. The van der Waals surface area contributed by atoms with Crippen LogP contribution in [0.25, 0.3) is 16.8 Å². The normalized spacial score (nSPS) is 10.9. The Morgan fingerprint density at radius 3 is 2.75 bits per heavy atom. The minimum absolute atomic E-state index is 0.262. The van der Waals surface area contributed by atoms with Crippen molar-refractivity contribution in [2.75, 3.05) is 12.8 Å². The molecule has 0 radical (unpaired) electrons. The molecule has 0 amide bonds. The van der Waals surface area contributed by atoms with Gasteiger partial charge in [0.05, 0.1) is 12.1 Å². The SMILES string of the molecule is COc1ccc(-c2cc(C)c3nc(N)nn3c2)cc1Cl. The van der Waals surface area contributed by atoms with Gasteiger partial charge in [-0.15, -0.1) is 5.10 Å². The van der Waals surface area contributed by atoms with Gasteiger partial charge in [-0.2, -0.15) is 4.98 Å². The topological polar surface area (TPSA) is 65.4 Å². The number of nitrogen functional groups attached to an aromatic ring is 1. The lowest BCUT2D eigenvalue weighted by atomic mass is 10.1. The van der Waals surface area contributed by atoms with Crippen molar-refractivity contribution in [2.45, 2.75) is 6.92 Å². The first kappa shape index (κ1) is 12.7. The van der Waals surface area contributed by atoms with Crippen LogP contribution in [0.1, 0.15) is 5.56 Å². The predicted octanol–water partition coefficient (Wildman–Crippen LogP) is 2.95. The van der Waals surface area contributed by atoms with Gasteiger partial charge < -0.3 is 10.5 Å². The lowest BCUT2D eigenvalue weighted by Crippen LogP contribution is -1.93. The average Bonchev–Trinajstić information content (AvgIpc) is 2.79. The molecule has 0 atom stereocenters. The Morgan fingerprint density at radius 2 is 2.05 bits per heavy atom. The lowest BCUT2D eigenvalue weighted by molar-refractivity contribution is 0.415. The largest absolute Gasteiger partial charge is 0.495 e. The van der Waals surface area contributed by atoms with Gasteiger partial charge in [-0.3, -0.25) is 0 Å². The summed E-state index contributed by atoms with van der Waals surface area (Å²) >= 11 is 6.16. The van der Waals surface area contributed by atoms with Crippen LogP contribution < -0.4 is 10.5 Å². The van der Waals surface area contributed by atoms with Crippen molar-refractivity contribution >= 4 is 23.2 Å². The molecule has 0 aliphatic carbocycles. The number of pyridine rings is 1. The first-order valence-electron chi connectivity index (χ1n) is 6.05. The van der Waals surface area contributed by atoms with E-state index in [0.29, 0.717) is 10.8 Å². The van der Waals surface area contributed by atoms with Gasteiger partial charge in [0.25, 0.3) is 0 Å². The molecule has 102 valence electrons. The van der Waals surface area contributed by atoms with Gasteiger partial charge in [0.15, 0.2) is 5.65 Å². The molecule has 0 unspecified atom stereocenters. The highest BCUT2D eigenvalue weighted by molar-refractivity contribution is 6.32. The molecule has 0 spiro atoms. The summed E-state index contributed by atoms with van der Waals surface area (Å²) in [4.78, 5) is 4.18. The van der Waals surface area contributed by atoms with E-state index in [9.17, 15) is 0 Å². The minimum Gasteiger partial charge on any atom is -0.495 e. The molecule has 2 heterocycles. The van der Waals surface area contributed by atoms with Gasteiger partial charge in [-0.1, -0.05) is 17.7 Å². The fraction of sp³-hybridized carbons (Fsp3) is 0.143. The molecule has 6 heteroatoms. The van der Waals surface area contributed by atoms with Crippen molar-refractivity contribution in [1.82, 2.24) is 14.6 Å². The summed E-state index contributed by atoms with van der Waals surface area (Å²) in [5.74, 6) is 0.913. The fourth-order valence-electron chi connectivity index (χ4n) is 2.17. The third-order valence-electron chi connectivity index (χ3n) is 3.12. The third kappa shape index (κ3) is 2.06. The molecule has 20 heavy (non-hydrogen) atoms. The van der Waals surface area contributed by atoms with Gasteiger partial charge in [-0.05, 0) is 36.2 Å². The Kier molecular flexibility index (Phi) is 2.99. The van der Waals surface area contributed by atoms with Crippen LogP contribution in [0.15, 0.2) is 30.5 Å². The monoisotopic (exact) mass is 288 g/mol. The molecule has 0 aliphatic rings. The standard InChI is InChI=1S/C14H13ClN4O/c1-8-5-10(7-19-13(8)17-14(16)18-19)9-3-4-12(20-2)11(15)6-9/h3-7H,1-2H3,(H2,16,18). The Labute approximate surface area is 121 Å². The van der Waals surface area contributed by atoms with Gasteiger partial charge in [-0.25, -0.2) is 4.52 Å². The van der Waals surface area contributed by atoms with Gasteiger partial charge in [0.2, 0.25) is 5.95 Å². The summed E-state index contributed by atoms with van der Waals surface area (Å²) in [6.45, 7) is 1.97. The van der Waals surface area contributed by atoms with Crippen molar-refractivity contribution in [2.24, 2.45) is 0 Å². The zero-order valence-corrected chi connectivity index (χ0v) is 11.8. The number of hydrogen-bond acceptors (Lipinski definition) is 4. The maximum absolute atomic E-state index is 6.16. The van der Waals surface area contributed by atoms with E-state index < -0.39 is 0 Å². The number of fused-ring (bicyclic) bond motifs is 1. The second-order valence-electron chi connectivity index (χ2n) is 4.50. The molecule has 3 aromatic rings. The first-order valence-corrected chi connectivity index (χ1v) is 6.42. The molecular formula is C14H13ClN4O. The van der Waals surface area contributed by atoms with E-state index in [1.54, 1.807) is 11.6 Å². The predicted molar refractivity (Wildman–Crippen MR) is 79.1 cm³/mol. The summed E-state index contributed by atoms with van der Waals surface area (Å²) in [6.07, 6.45) is 1.88. The van der Waals surface area contributed by atoms with Crippen LogP contribution in [0.5, 0.6) is 5.75 Å². The second-order valence-corrected chi connectivity index (χ2v) is 4.91. The van der Waals surface area contributed by atoms with Crippen LogP contribution in [-0.2, 0) is 0 Å². The molecule has 5 nitrogen and oxygen atoms in total. The summed E-state index contributed by atoms with van der Waals surface area (Å²) < 4.78 is 6.84. The third-order valence-corrected chi connectivity index (χ3v) is 3.41. The number of methoxy groups -OCH3 is 1. The molecule has 3 rings (SSSR count). The Hall–Kier alpha value is -2.27. The summed E-state index contributed by atoms with van der Waals surface area (Å²) in [5, 5.41) is 4.71. The Bertz CT molecular complexity index is 797. The summed E-state index contributed by atoms with van der Waals surface area (Å²) in [6, 6.07) is 7.68. The molecule has 0 saturated heterocycles. The molecule has 1 aromatic carbocycles. The van der Waals surface area contributed by atoms with E-state index >= 15 is 0 Å². The lowest BCUT2D eigenvalue weighted by Gasteiger charge is -2.07. The highest BCUT2D eigenvalue weighted by Crippen LogP contribution is 2.30. The van der Waals surface area contributed by atoms with Crippen molar-refractivity contribution in [3.05, 3.63) is 41.0 Å². The number of nitrogens with two attached hydrogens (primary N) is 1. The number of aromatic nitrogens is 3. The van der Waals surface area contributed by atoms with E-state index in [-0.39, 0.29) is 5.95 Å². The van der Waals surface area contributed by atoms with E-state index in [4.69, 9.17) is 22.1 Å². The Morgan fingerprint density at radius 1 is 1.25 bits per heavy atom. The van der Waals surface area contributed by atoms with Gasteiger partial charge >= 0.3 is 0 Å². The van der Waals surface area contributed by atoms with E-state index in [0.717, 1.165) is 22.3 Å². The van der Waals surface area contributed by atoms with Gasteiger partial charge in [0, 0.05) is 11.8 Å². The van der Waals surface area contributed by atoms with E-state index in [1.807, 2.05) is 37.4 Å². The Balaban J connectivity index is 2.16. The summed E-state index contributed by atoms with van der Waals surface area (Å²) in [5.41, 5.74) is 9.36. The van der Waals surface area contributed by atoms with Crippen LogP contribution in [0.3, 0.4) is 0 Å². The average molecular weight is 289 g/mol. The minimum atomic E-state index is 0.262. The molecular weight excluding hydrogens is 276 g/mol. The van der Waals surface area contributed by atoms with E-state index in [1.165, 1.54) is 0 Å².